The molecule has 0 spiro atoms. The number of carbonyl (C=O) groups excluding carboxylic acids is 1. The third-order valence-electron chi connectivity index (χ3n) is 3.00. The van der Waals surface area contributed by atoms with Crippen molar-refractivity contribution in [1.29, 1.82) is 0 Å². The second kappa shape index (κ2) is 6.38. The van der Waals surface area contributed by atoms with Gasteiger partial charge in [-0.2, -0.15) is 0 Å². The number of aliphatic hydroxyl groups excluding tert-OH is 1. The maximum Gasteiger partial charge on any atom is 0.319 e. The maximum atomic E-state index is 11.7. The van der Waals surface area contributed by atoms with Gasteiger partial charge < -0.3 is 20.6 Å². The third kappa shape index (κ3) is 3.82. The lowest BCUT2D eigenvalue weighted by Gasteiger charge is -2.20. The zero-order valence-corrected chi connectivity index (χ0v) is 11.1. The minimum Gasteiger partial charge on any atom is -0.392 e. The number of pyridine rings is 1. The number of nitrogens with zero attached hydrogens (tertiary/aromatic N) is 2. The van der Waals surface area contributed by atoms with E-state index in [1.165, 1.54) is 0 Å². The van der Waals surface area contributed by atoms with E-state index in [0.29, 0.717) is 5.69 Å². The summed E-state index contributed by atoms with van der Waals surface area (Å²) in [4.78, 5) is 18.2. The Morgan fingerprint density at radius 2 is 2.26 bits per heavy atom. The molecular weight excluding hydrogens is 244 g/mol. The SMILES string of the molecule is CC(O)CNC(=O)Nc1cccnc1N1CCCC1. The first-order chi connectivity index (χ1) is 9.16. The number of anilines is 2. The zero-order chi connectivity index (χ0) is 13.7. The minimum atomic E-state index is -0.558. The second-order valence-electron chi connectivity index (χ2n) is 4.75. The highest BCUT2D eigenvalue weighted by Crippen LogP contribution is 2.25. The molecule has 1 aliphatic rings. The van der Waals surface area contributed by atoms with Crippen molar-refractivity contribution in [2.75, 3.05) is 29.9 Å². The van der Waals surface area contributed by atoms with Crippen molar-refractivity contribution in [1.82, 2.24) is 10.3 Å². The summed E-state index contributed by atoms with van der Waals surface area (Å²) in [5.41, 5.74) is 0.701. The predicted molar refractivity (Wildman–Crippen MR) is 74.4 cm³/mol. The van der Waals surface area contributed by atoms with Crippen molar-refractivity contribution >= 4 is 17.5 Å². The van der Waals surface area contributed by atoms with E-state index in [1.54, 1.807) is 19.2 Å². The summed E-state index contributed by atoms with van der Waals surface area (Å²) >= 11 is 0. The van der Waals surface area contributed by atoms with E-state index in [2.05, 4.69) is 20.5 Å². The van der Waals surface area contributed by atoms with Crippen molar-refractivity contribution in [3.05, 3.63) is 18.3 Å². The van der Waals surface area contributed by atoms with E-state index in [0.717, 1.165) is 31.7 Å². The molecular formula is C13H20N4O2. The van der Waals surface area contributed by atoms with Gasteiger partial charge in [0.1, 0.15) is 0 Å². The normalized spacial score (nSPS) is 16.2. The zero-order valence-electron chi connectivity index (χ0n) is 11.1. The molecule has 19 heavy (non-hydrogen) atoms. The molecule has 1 aliphatic heterocycles. The van der Waals surface area contributed by atoms with Crippen molar-refractivity contribution in [2.24, 2.45) is 0 Å². The van der Waals surface area contributed by atoms with Gasteiger partial charge in [0.05, 0.1) is 11.8 Å². The first kappa shape index (κ1) is 13.6. The van der Waals surface area contributed by atoms with Crippen LogP contribution in [0.15, 0.2) is 18.3 Å². The first-order valence-corrected chi connectivity index (χ1v) is 6.59. The first-order valence-electron chi connectivity index (χ1n) is 6.59. The summed E-state index contributed by atoms with van der Waals surface area (Å²) in [5, 5.41) is 14.5. The van der Waals surface area contributed by atoms with Crippen LogP contribution in [0.2, 0.25) is 0 Å². The van der Waals surface area contributed by atoms with Crippen molar-refractivity contribution in [3.63, 3.8) is 0 Å². The quantitative estimate of drug-likeness (QED) is 0.763. The smallest absolute Gasteiger partial charge is 0.319 e. The highest BCUT2D eigenvalue weighted by Gasteiger charge is 2.17. The lowest BCUT2D eigenvalue weighted by molar-refractivity contribution is 0.190. The molecule has 1 unspecified atom stereocenters. The summed E-state index contributed by atoms with van der Waals surface area (Å²) in [6, 6.07) is 3.31. The van der Waals surface area contributed by atoms with E-state index >= 15 is 0 Å². The van der Waals surface area contributed by atoms with Gasteiger partial charge in [0.2, 0.25) is 0 Å². The molecule has 6 nitrogen and oxygen atoms in total. The highest BCUT2D eigenvalue weighted by molar-refractivity contribution is 5.92. The Bertz CT molecular complexity index is 430. The van der Waals surface area contributed by atoms with Crippen molar-refractivity contribution in [2.45, 2.75) is 25.9 Å². The third-order valence-corrected chi connectivity index (χ3v) is 3.00. The van der Waals surface area contributed by atoms with Crippen LogP contribution in [0.1, 0.15) is 19.8 Å². The van der Waals surface area contributed by atoms with Crippen LogP contribution >= 0.6 is 0 Å². The number of carbonyl (C=O) groups is 1. The van der Waals surface area contributed by atoms with E-state index < -0.39 is 6.10 Å². The second-order valence-corrected chi connectivity index (χ2v) is 4.75. The van der Waals surface area contributed by atoms with Crippen molar-refractivity contribution < 1.29 is 9.90 Å². The summed E-state index contributed by atoms with van der Waals surface area (Å²) in [6.45, 7) is 3.80. The van der Waals surface area contributed by atoms with Crippen LogP contribution in [0, 0.1) is 0 Å². The van der Waals surface area contributed by atoms with Crippen LogP contribution in [0.3, 0.4) is 0 Å². The van der Waals surface area contributed by atoms with E-state index in [9.17, 15) is 4.79 Å². The van der Waals surface area contributed by atoms with Crippen LogP contribution in [0.25, 0.3) is 0 Å². The molecule has 1 aromatic heterocycles. The Labute approximate surface area is 112 Å². The monoisotopic (exact) mass is 264 g/mol. The predicted octanol–water partition coefficient (Wildman–Crippen LogP) is 1.18. The fraction of sp³-hybridized carbons (Fsp3) is 0.538. The molecule has 2 rings (SSSR count). The summed E-state index contributed by atoms with van der Waals surface area (Å²) in [6.07, 6.45) is 3.48. The van der Waals surface area contributed by atoms with Gasteiger partial charge in [0.25, 0.3) is 0 Å². The molecule has 2 amide bonds. The molecule has 0 saturated carbocycles. The fourth-order valence-electron chi connectivity index (χ4n) is 2.08. The van der Waals surface area contributed by atoms with Gasteiger partial charge in [-0.05, 0) is 31.9 Å². The Morgan fingerprint density at radius 3 is 2.95 bits per heavy atom. The molecule has 1 saturated heterocycles. The Kier molecular flexibility index (Phi) is 4.57. The van der Waals surface area contributed by atoms with Crippen LogP contribution in [-0.4, -0.2) is 41.9 Å². The molecule has 1 atom stereocenters. The topological polar surface area (TPSA) is 77.5 Å². The average Bonchev–Trinajstić information content (AvgIpc) is 2.91. The Balaban J connectivity index is 2.01. The van der Waals surface area contributed by atoms with Gasteiger partial charge in [-0.3, -0.25) is 0 Å². The van der Waals surface area contributed by atoms with Crippen LogP contribution in [0.5, 0.6) is 0 Å². The lowest BCUT2D eigenvalue weighted by Crippen LogP contribution is -2.34. The van der Waals surface area contributed by atoms with Gasteiger partial charge >= 0.3 is 6.03 Å². The molecule has 3 N–H and O–H groups in total. The number of aromatic nitrogens is 1. The average molecular weight is 264 g/mol. The molecule has 104 valence electrons. The molecule has 6 heteroatoms. The highest BCUT2D eigenvalue weighted by atomic mass is 16.3. The Hall–Kier alpha value is -1.82. The van der Waals surface area contributed by atoms with Gasteiger partial charge in [-0.25, -0.2) is 9.78 Å². The summed E-state index contributed by atoms with van der Waals surface area (Å²) in [7, 11) is 0. The molecule has 1 fully saturated rings. The Morgan fingerprint density at radius 1 is 1.53 bits per heavy atom. The van der Waals surface area contributed by atoms with Crippen molar-refractivity contribution in [3.8, 4) is 0 Å². The lowest BCUT2D eigenvalue weighted by atomic mass is 10.3. The van der Waals surface area contributed by atoms with Gasteiger partial charge in [-0.15, -0.1) is 0 Å². The number of hydrogen-bond donors (Lipinski definition) is 3. The number of hydrogen-bond acceptors (Lipinski definition) is 4. The molecule has 0 aromatic carbocycles. The number of aliphatic hydroxyl groups is 1. The summed E-state index contributed by atoms with van der Waals surface area (Å²) in [5.74, 6) is 0.812. The molecule has 1 aromatic rings. The molecule has 0 radical (unpaired) electrons. The summed E-state index contributed by atoms with van der Waals surface area (Å²) < 4.78 is 0. The van der Waals surface area contributed by atoms with E-state index in [4.69, 9.17) is 5.11 Å². The number of nitrogens with one attached hydrogen (secondary N) is 2. The number of rotatable bonds is 4. The van der Waals surface area contributed by atoms with Crippen LogP contribution < -0.4 is 15.5 Å². The molecule has 0 bridgehead atoms. The van der Waals surface area contributed by atoms with E-state index in [-0.39, 0.29) is 12.6 Å². The molecule has 2 heterocycles. The number of urea groups is 1. The van der Waals surface area contributed by atoms with Gasteiger partial charge in [0, 0.05) is 25.8 Å². The maximum absolute atomic E-state index is 11.7. The molecule has 0 aliphatic carbocycles. The minimum absolute atomic E-state index is 0.227. The standard InChI is InChI=1S/C13H20N4O2/c1-10(18)9-15-13(19)16-11-5-4-6-14-12(11)17-7-2-3-8-17/h4-6,10,18H,2-3,7-9H2,1H3,(H2,15,16,19). The van der Waals surface area contributed by atoms with Gasteiger partial charge in [0.15, 0.2) is 5.82 Å². The van der Waals surface area contributed by atoms with Crippen LogP contribution in [-0.2, 0) is 0 Å². The fourth-order valence-corrected chi connectivity index (χ4v) is 2.08. The van der Waals surface area contributed by atoms with Gasteiger partial charge in [-0.1, -0.05) is 0 Å². The largest absolute Gasteiger partial charge is 0.392 e. The number of amides is 2. The van der Waals surface area contributed by atoms with Crippen LogP contribution in [0.4, 0.5) is 16.3 Å². The van der Waals surface area contributed by atoms with E-state index in [1.807, 2.05) is 6.07 Å².